The van der Waals surface area contributed by atoms with Crippen LogP contribution in [-0.4, -0.2) is 25.7 Å². The molecule has 0 saturated heterocycles. The third kappa shape index (κ3) is 3.51. The maximum atomic E-state index is 5.30. The molecule has 0 bridgehead atoms. The summed E-state index contributed by atoms with van der Waals surface area (Å²) < 4.78 is 5.30. The van der Waals surface area contributed by atoms with Gasteiger partial charge < -0.3 is 4.74 Å². The lowest BCUT2D eigenvalue weighted by molar-refractivity contribution is 0.295. The van der Waals surface area contributed by atoms with Gasteiger partial charge in [-0.15, -0.1) is 0 Å². The van der Waals surface area contributed by atoms with Crippen LogP contribution < -0.4 is 16.0 Å². The topological polar surface area (TPSA) is 50.5 Å². The number of nitrogens with two attached hydrogens (primary N) is 1. The van der Waals surface area contributed by atoms with E-state index in [2.05, 4.69) is 23.3 Å². The molecular weight excluding hydrogens is 190 g/mol. The van der Waals surface area contributed by atoms with Crippen LogP contribution in [0.4, 0.5) is 0 Å². The third-order valence-corrected chi connectivity index (χ3v) is 2.24. The molecule has 0 aliphatic rings. The highest BCUT2D eigenvalue weighted by atomic mass is 16.5. The van der Waals surface area contributed by atoms with Crippen molar-refractivity contribution >= 4 is 0 Å². The molecular formula is C11H19N3O. The van der Waals surface area contributed by atoms with Gasteiger partial charge >= 0.3 is 0 Å². The van der Waals surface area contributed by atoms with Gasteiger partial charge in [-0.05, 0) is 20.0 Å². The Bertz CT molecular complexity index is 315. The number of methoxy groups -OCH3 is 1. The third-order valence-electron chi connectivity index (χ3n) is 2.24. The molecule has 0 radical (unpaired) electrons. The van der Waals surface area contributed by atoms with E-state index in [1.54, 1.807) is 7.11 Å². The van der Waals surface area contributed by atoms with Crippen LogP contribution in [0.3, 0.4) is 0 Å². The average Bonchev–Trinajstić information content (AvgIpc) is 2.18. The van der Waals surface area contributed by atoms with Crippen LogP contribution in [0.2, 0.25) is 0 Å². The molecule has 0 saturated carbocycles. The molecule has 0 unspecified atom stereocenters. The van der Waals surface area contributed by atoms with Crippen molar-refractivity contribution in [3.63, 3.8) is 0 Å². The van der Waals surface area contributed by atoms with E-state index < -0.39 is 0 Å². The Morgan fingerprint density at radius 1 is 1.47 bits per heavy atom. The fraction of sp³-hybridized carbons (Fsp3) is 0.455. The highest BCUT2D eigenvalue weighted by Crippen LogP contribution is 2.20. The van der Waals surface area contributed by atoms with Crippen molar-refractivity contribution in [2.24, 2.45) is 5.84 Å². The molecule has 1 aromatic carbocycles. The molecule has 0 aliphatic carbocycles. The molecule has 3 N–H and O–H groups in total. The molecule has 0 atom stereocenters. The molecule has 15 heavy (non-hydrogen) atoms. The number of nitrogens with one attached hydrogen (secondary N) is 1. The van der Waals surface area contributed by atoms with Crippen molar-refractivity contribution in [3.05, 3.63) is 29.3 Å². The van der Waals surface area contributed by atoms with E-state index in [-0.39, 0.29) is 0 Å². The van der Waals surface area contributed by atoms with Crippen LogP contribution in [0.25, 0.3) is 0 Å². The normalized spacial score (nSPS) is 10.7. The molecule has 0 spiro atoms. The standard InChI is InChI=1S/C11H19N3O/c1-9-4-5-11(15-3)10(6-9)7-14(2)8-13-12/h4-6,13H,7-8,12H2,1-3H3. The molecule has 0 amide bonds. The zero-order valence-electron chi connectivity index (χ0n) is 9.58. The van der Waals surface area contributed by atoms with E-state index in [4.69, 9.17) is 10.6 Å². The van der Waals surface area contributed by atoms with Gasteiger partial charge in [0.15, 0.2) is 0 Å². The molecule has 4 nitrogen and oxygen atoms in total. The lowest BCUT2D eigenvalue weighted by Crippen LogP contribution is -2.35. The smallest absolute Gasteiger partial charge is 0.123 e. The Morgan fingerprint density at radius 2 is 2.20 bits per heavy atom. The summed E-state index contributed by atoms with van der Waals surface area (Å²) in [5.41, 5.74) is 5.04. The van der Waals surface area contributed by atoms with E-state index >= 15 is 0 Å². The van der Waals surface area contributed by atoms with Crippen LogP contribution in [0.1, 0.15) is 11.1 Å². The van der Waals surface area contributed by atoms with Gasteiger partial charge in [0.1, 0.15) is 5.75 Å². The summed E-state index contributed by atoms with van der Waals surface area (Å²) in [7, 11) is 3.69. The predicted octanol–water partition coefficient (Wildman–Crippen LogP) is 0.856. The van der Waals surface area contributed by atoms with Crippen LogP contribution in [-0.2, 0) is 6.54 Å². The molecule has 0 aliphatic heterocycles. The summed E-state index contributed by atoms with van der Waals surface area (Å²) in [6.07, 6.45) is 0. The number of nitrogens with zero attached hydrogens (tertiary/aromatic N) is 1. The average molecular weight is 209 g/mol. The zero-order chi connectivity index (χ0) is 11.3. The quantitative estimate of drug-likeness (QED) is 0.429. The Morgan fingerprint density at radius 3 is 2.80 bits per heavy atom. The highest BCUT2D eigenvalue weighted by Gasteiger charge is 2.05. The summed E-state index contributed by atoms with van der Waals surface area (Å²) >= 11 is 0. The summed E-state index contributed by atoms with van der Waals surface area (Å²) in [5, 5.41) is 0. The number of rotatable bonds is 5. The van der Waals surface area contributed by atoms with Crippen LogP contribution in [0, 0.1) is 6.92 Å². The largest absolute Gasteiger partial charge is 0.496 e. The molecule has 84 valence electrons. The molecule has 0 fully saturated rings. The first-order valence-corrected chi connectivity index (χ1v) is 4.93. The van der Waals surface area contributed by atoms with Gasteiger partial charge in [-0.2, -0.15) is 0 Å². The minimum absolute atomic E-state index is 0.650. The number of hydrogen-bond acceptors (Lipinski definition) is 4. The van der Waals surface area contributed by atoms with Gasteiger partial charge in [0, 0.05) is 12.1 Å². The van der Waals surface area contributed by atoms with Gasteiger partial charge in [0.25, 0.3) is 0 Å². The predicted molar refractivity (Wildman–Crippen MR) is 61.4 cm³/mol. The van der Waals surface area contributed by atoms with Crippen LogP contribution >= 0.6 is 0 Å². The summed E-state index contributed by atoms with van der Waals surface area (Å²) in [4.78, 5) is 2.08. The highest BCUT2D eigenvalue weighted by molar-refractivity contribution is 5.36. The molecule has 4 heteroatoms. The molecule has 0 heterocycles. The molecule has 1 rings (SSSR count). The lowest BCUT2D eigenvalue weighted by atomic mass is 10.1. The first-order chi connectivity index (χ1) is 7.17. The minimum Gasteiger partial charge on any atom is -0.496 e. The first kappa shape index (κ1) is 12.0. The first-order valence-electron chi connectivity index (χ1n) is 4.93. The Hall–Kier alpha value is -1.10. The maximum Gasteiger partial charge on any atom is 0.123 e. The Balaban J connectivity index is 2.77. The number of aryl methyl sites for hydroxylation is 1. The fourth-order valence-electron chi connectivity index (χ4n) is 1.53. The van der Waals surface area contributed by atoms with Crippen molar-refractivity contribution in [2.75, 3.05) is 20.8 Å². The van der Waals surface area contributed by atoms with Crippen molar-refractivity contribution in [3.8, 4) is 5.75 Å². The molecule has 0 aromatic heterocycles. The van der Waals surface area contributed by atoms with Crippen molar-refractivity contribution in [1.29, 1.82) is 0 Å². The number of benzene rings is 1. The van der Waals surface area contributed by atoms with Gasteiger partial charge in [-0.3, -0.25) is 10.7 Å². The second-order valence-electron chi connectivity index (χ2n) is 3.69. The summed E-state index contributed by atoms with van der Waals surface area (Å²) in [6.45, 7) is 3.54. The SMILES string of the molecule is COc1ccc(C)cc1CN(C)CNN. The summed E-state index contributed by atoms with van der Waals surface area (Å²) in [5.74, 6) is 6.18. The van der Waals surface area contributed by atoms with Gasteiger partial charge in [0.05, 0.1) is 13.8 Å². The molecule has 1 aromatic rings. The monoisotopic (exact) mass is 209 g/mol. The second-order valence-corrected chi connectivity index (χ2v) is 3.69. The van der Waals surface area contributed by atoms with Crippen molar-refractivity contribution < 1.29 is 4.74 Å². The number of ether oxygens (including phenoxy) is 1. The fourth-order valence-corrected chi connectivity index (χ4v) is 1.53. The van der Waals surface area contributed by atoms with Gasteiger partial charge in [0.2, 0.25) is 0 Å². The minimum atomic E-state index is 0.650. The number of hydrogen-bond donors (Lipinski definition) is 2. The van der Waals surface area contributed by atoms with E-state index in [0.717, 1.165) is 12.3 Å². The summed E-state index contributed by atoms with van der Waals surface area (Å²) in [6, 6.07) is 6.17. The maximum absolute atomic E-state index is 5.30. The van der Waals surface area contributed by atoms with Gasteiger partial charge in [-0.1, -0.05) is 17.7 Å². The van der Waals surface area contributed by atoms with E-state index in [0.29, 0.717) is 6.67 Å². The van der Waals surface area contributed by atoms with E-state index in [1.165, 1.54) is 11.1 Å². The van der Waals surface area contributed by atoms with Gasteiger partial charge in [-0.25, -0.2) is 5.43 Å². The second kappa shape index (κ2) is 5.70. The number of hydrazine groups is 1. The van der Waals surface area contributed by atoms with Crippen molar-refractivity contribution in [2.45, 2.75) is 13.5 Å². The van der Waals surface area contributed by atoms with E-state index in [9.17, 15) is 0 Å². The lowest BCUT2D eigenvalue weighted by Gasteiger charge is -2.18. The Labute approximate surface area is 91.0 Å². The van der Waals surface area contributed by atoms with Crippen LogP contribution in [0.5, 0.6) is 5.75 Å². The van der Waals surface area contributed by atoms with Crippen molar-refractivity contribution in [1.82, 2.24) is 10.3 Å². The van der Waals surface area contributed by atoms with Crippen LogP contribution in [0.15, 0.2) is 18.2 Å². The Kier molecular flexibility index (Phi) is 4.55. The van der Waals surface area contributed by atoms with E-state index in [1.807, 2.05) is 19.2 Å². The zero-order valence-corrected chi connectivity index (χ0v) is 9.58.